The summed E-state index contributed by atoms with van der Waals surface area (Å²) >= 11 is 0. The van der Waals surface area contributed by atoms with Crippen LogP contribution >= 0.6 is 0 Å². The summed E-state index contributed by atoms with van der Waals surface area (Å²) < 4.78 is 0. The summed E-state index contributed by atoms with van der Waals surface area (Å²) in [4.78, 5) is 16.8. The van der Waals surface area contributed by atoms with Crippen molar-refractivity contribution in [2.75, 3.05) is 17.2 Å². The molecular weight excluding hydrogens is 298 g/mol. The molecule has 2 rings (SSSR count). The van der Waals surface area contributed by atoms with Crippen molar-refractivity contribution < 1.29 is 4.79 Å². The minimum atomic E-state index is -0.176. The van der Waals surface area contributed by atoms with E-state index in [0.29, 0.717) is 11.6 Å². The summed E-state index contributed by atoms with van der Waals surface area (Å²) in [6.07, 6.45) is 3.91. The number of rotatable bonds is 7. The maximum Gasteiger partial charge on any atom is 0.274 e. The van der Waals surface area contributed by atoms with Crippen molar-refractivity contribution in [1.82, 2.24) is 4.98 Å². The van der Waals surface area contributed by atoms with E-state index in [0.717, 1.165) is 41.9 Å². The van der Waals surface area contributed by atoms with Gasteiger partial charge in [0.2, 0.25) is 0 Å². The first-order valence-corrected chi connectivity index (χ1v) is 8.63. The number of aryl methyl sites for hydroxylation is 1. The van der Waals surface area contributed by atoms with Gasteiger partial charge < -0.3 is 10.6 Å². The first-order valence-electron chi connectivity index (χ1n) is 8.63. The first kappa shape index (κ1) is 18.0. The second kappa shape index (κ2) is 8.48. The number of pyridine rings is 1. The van der Waals surface area contributed by atoms with Crippen LogP contribution in [-0.4, -0.2) is 17.4 Å². The third kappa shape index (κ3) is 4.57. The first-order chi connectivity index (χ1) is 11.5. The number of anilines is 2. The Bertz CT molecular complexity index is 695. The number of nitrogens with one attached hydrogen (secondary N) is 2. The van der Waals surface area contributed by atoms with Crippen molar-refractivity contribution in [2.45, 2.75) is 46.5 Å². The highest BCUT2D eigenvalue weighted by Crippen LogP contribution is 2.27. The van der Waals surface area contributed by atoms with E-state index in [9.17, 15) is 4.79 Å². The fraction of sp³-hybridized carbons (Fsp3) is 0.400. The molecule has 0 aliphatic rings. The van der Waals surface area contributed by atoms with E-state index in [1.165, 1.54) is 0 Å². The van der Waals surface area contributed by atoms with Crippen LogP contribution in [0.5, 0.6) is 0 Å². The molecule has 0 spiro atoms. The summed E-state index contributed by atoms with van der Waals surface area (Å²) in [5.41, 5.74) is 4.45. The van der Waals surface area contributed by atoms with Crippen LogP contribution in [0.3, 0.4) is 0 Å². The quantitative estimate of drug-likeness (QED) is 0.706. The number of amides is 1. The van der Waals surface area contributed by atoms with Gasteiger partial charge in [-0.2, -0.15) is 0 Å². The number of nitrogens with zero attached hydrogens (tertiary/aromatic N) is 1. The fourth-order valence-electron chi connectivity index (χ4n) is 2.59. The van der Waals surface area contributed by atoms with E-state index in [2.05, 4.69) is 42.5 Å². The smallest absolute Gasteiger partial charge is 0.274 e. The predicted molar refractivity (Wildman–Crippen MR) is 101 cm³/mol. The van der Waals surface area contributed by atoms with E-state index >= 15 is 0 Å². The van der Waals surface area contributed by atoms with Gasteiger partial charge in [-0.25, -0.2) is 0 Å². The van der Waals surface area contributed by atoms with Crippen LogP contribution in [0.4, 0.5) is 11.4 Å². The molecule has 1 aromatic heterocycles. The van der Waals surface area contributed by atoms with Gasteiger partial charge in [0.1, 0.15) is 5.69 Å². The normalized spacial score (nSPS) is 10.7. The maximum atomic E-state index is 12.6. The van der Waals surface area contributed by atoms with E-state index in [4.69, 9.17) is 0 Å². The molecule has 4 nitrogen and oxygen atoms in total. The molecule has 0 fully saturated rings. The number of unbranched alkanes of at least 4 members (excludes halogenated alkanes) is 1. The molecule has 0 aliphatic heterocycles. The van der Waals surface area contributed by atoms with Crippen molar-refractivity contribution in [1.29, 1.82) is 0 Å². The summed E-state index contributed by atoms with van der Waals surface area (Å²) in [6, 6.07) is 9.79. The van der Waals surface area contributed by atoms with Crippen LogP contribution in [0.15, 0.2) is 36.5 Å². The van der Waals surface area contributed by atoms with Gasteiger partial charge in [-0.05, 0) is 42.5 Å². The molecule has 0 aliphatic carbocycles. The average molecular weight is 325 g/mol. The molecule has 0 bridgehead atoms. The second-order valence-electron chi connectivity index (χ2n) is 6.36. The molecule has 1 aromatic carbocycles. The predicted octanol–water partition coefficient (Wildman–Crippen LogP) is 4.98. The van der Waals surface area contributed by atoms with Gasteiger partial charge >= 0.3 is 0 Å². The van der Waals surface area contributed by atoms with Gasteiger partial charge in [0, 0.05) is 24.1 Å². The second-order valence-corrected chi connectivity index (χ2v) is 6.36. The molecule has 2 N–H and O–H groups in total. The number of para-hydroxylation sites is 1. The lowest BCUT2D eigenvalue weighted by Gasteiger charge is -2.16. The number of carbonyl (C=O) groups is 1. The van der Waals surface area contributed by atoms with Crippen molar-refractivity contribution >= 4 is 17.3 Å². The Hall–Kier alpha value is -2.36. The molecule has 1 heterocycles. The highest BCUT2D eigenvalue weighted by molar-refractivity contribution is 6.04. The van der Waals surface area contributed by atoms with Crippen LogP contribution in [0.25, 0.3) is 0 Å². The molecule has 1 amide bonds. The Morgan fingerprint density at radius 2 is 2.04 bits per heavy atom. The highest BCUT2D eigenvalue weighted by atomic mass is 16.1. The molecule has 0 atom stereocenters. The average Bonchev–Trinajstić information content (AvgIpc) is 2.57. The number of carbonyl (C=O) groups excluding carboxylic acids is 1. The van der Waals surface area contributed by atoms with E-state index in [1.54, 1.807) is 12.3 Å². The van der Waals surface area contributed by atoms with Crippen molar-refractivity contribution in [3.8, 4) is 0 Å². The Morgan fingerprint density at radius 3 is 2.75 bits per heavy atom. The van der Waals surface area contributed by atoms with E-state index in [-0.39, 0.29) is 5.91 Å². The summed E-state index contributed by atoms with van der Waals surface area (Å²) in [5.74, 6) is 0.167. The molecule has 2 aromatic rings. The van der Waals surface area contributed by atoms with Crippen molar-refractivity contribution in [3.63, 3.8) is 0 Å². The van der Waals surface area contributed by atoms with Crippen LogP contribution in [0.1, 0.15) is 61.1 Å². The minimum Gasteiger partial charge on any atom is -0.385 e. The monoisotopic (exact) mass is 325 g/mol. The highest BCUT2D eigenvalue weighted by Gasteiger charge is 2.14. The maximum absolute atomic E-state index is 12.6. The van der Waals surface area contributed by atoms with Crippen LogP contribution < -0.4 is 10.6 Å². The molecule has 4 heteroatoms. The van der Waals surface area contributed by atoms with Crippen LogP contribution in [-0.2, 0) is 0 Å². The van der Waals surface area contributed by atoms with Crippen molar-refractivity contribution in [2.24, 2.45) is 0 Å². The van der Waals surface area contributed by atoms with Gasteiger partial charge in [0.25, 0.3) is 5.91 Å². The van der Waals surface area contributed by atoms with Gasteiger partial charge in [-0.3, -0.25) is 9.78 Å². The summed E-state index contributed by atoms with van der Waals surface area (Å²) in [6.45, 7) is 9.32. The zero-order valence-corrected chi connectivity index (χ0v) is 15.0. The standard InChI is InChI=1S/C20H27N3O/c1-5-6-11-21-16-10-12-22-18(13-16)20(24)23-19-15(4)8-7-9-17(19)14(2)3/h7-10,12-14H,5-6,11H2,1-4H3,(H,21,22)(H,23,24). The SMILES string of the molecule is CCCCNc1ccnc(C(=O)Nc2c(C)cccc2C(C)C)c1. The third-order valence-corrected chi connectivity index (χ3v) is 4.02. The van der Waals surface area contributed by atoms with E-state index in [1.807, 2.05) is 25.1 Å². The molecule has 0 saturated carbocycles. The lowest BCUT2D eigenvalue weighted by Crippen LogP contribution is -2.16. The Balaban J connectivity index is 2.17. The van der Waals surface area contributed by atoms with Gasteiger partial charge in [-0.15, -0.1) is 0 Å². The Labute approximate surface area is 144 Å². The number of benzene rings is 1. The lowest BCUT2D eigenvalue weighted by atomic mass is 9.98. The summed E-state index contributed by atoms with van der Waals surface area (Å²) in [5, 5.41) is 6.37. The lowest BCUT2D eigenvalue weighted by molar-refractivity contribution is 0.102. The fourth-order valence-corrected chi connectivity index (χ4v) is 2.59. The van der Waals surface area contributed by atoms with Crippen molar-refractivity contribution in [3.05, 3.63) is 53.3 Å². The van der Waals surface area contributed by atoms with E-state index < -0.39 is 0 Å². The van der Waals surface area contributed by atoms with Crippen LogP contribution in [0.2, 0.25) is 0 Å². The van der Waals surface area contributed by atoms with Crippen LogP contribution in [0, 0.1) is 6.92 Å². The Kier molecular flexibility index (Phi) is 6.36. The van der Waals surface area contributed by atoms with Gasteiger partial charge in [-0.1, -0.05) is 45.4 Å². The molecule has 0 saturated heterocycles. The number of hydrogen-bond donors (Lipinski definition) is 2. The number of hydrogen-bond acceptors (Lipinski definition) is 3. The summed E-state index contributed by atoms with van der Waals surface area (Å²) in [7, 11) is 0. The zero-order valence-electron chi connectivity index (χ0n) is 15.0. The topological polar surface area (TPSA) is 54.0 Å². The van der Waals surface area contributed by atoms with Gasteiger partial charge in [0.15, 0.2) is 0 Å². The molecule has 24 heavy (non-hydrogen) atoms. The molecule has 0 unspecified atom stereocenters. The molecule has 128 valence electrons. The largest absolute Gasteiger partial charge is 0.385 e. The zero-order chi connectivity index (χ0) is 17.5. The number of aromatic nitrogens is 1. The minimum absolute atomic E-state index is 0.176. The Morgan fingerprint density at radius 1 is 1.25 bits per heavy atom. The molecular formula is C20H27N3O. The van der Waals surface area contributed by atoms with Gasteiger partial charge in [0.05, 0.1) is 0 Å². The third-order valence-electron chi connectivity index (χ3n) is 4.02. The molecule has 0 radical (unpaired) electrons.